The molecule has 27 heavy (non-hydrogen) atoms. The number of benzene rings is 1. The van der Waals surface area contributed by atoms with E-state index in [1.165, 1.54) is 0 Å². The summed E-state index contributed by atoms with van der Waals surface area (Å²) in [5.41, 5.74) is 1.01. The van der Waals surface area contributed by atoms with Crippen LogP contribution >= 0.6 is 11.3 Å². The van der Waals surface area contributed by atoms with Crippen molar-refractivity contribution < 1.29 is 14.1 Å². The van der Waals surface area contributed by atoms with Crippen molar-refractivity contribution >= 4 is 23.3 Å². The van der Waals surface area contributed by atoms with Gasteiger partial charge in [0, 0.05) is 36.0 Å². The van der Waals surface area contributed by atoms with E-state index >= 15 is 0 Å². The van der Waals surface area contributed by atoms with Crippen LogP contribution in [-0.4, -0.2) is 41.1 Å². The lowest BCUT2D eigenvalue weighted by Crippen LogP contribution is -2.47. The summed E-state index contributed by atoms with van der Waals surface area (Å²) >= 11 is 1.61. The van der Waals surface area contributed by atoms with Crippen LogP contribution in [0.25, 0.3) is 6.08 Å². The molecule has 6 nitrogen and oxygen atoms in total. The molecule has 0 atom stereocenters. The van der Waals surface area contributed by atoms with E-state index in [1.54, 1.807) is 29.4 Å². The number of rotatable bonds is 6. The molecule has 1 aliphatic heterocycles. The Morgan fingerprint density at radius 3 is 2.96 bits per heavy atom. The highest BCUT2D eigenvalue weighted by Gasteiger charge is 2.34. The van der Waals surface area contributed by atoms with Gasteiger partial charge in [0.25, 0.3) is 0 Å². The van der Waals surface area contributed by atoms with E-state index in [0.29, 0.717) is 31.2 Å². The molecule has 3 heterocycles. The largest absolute Gasteiger partial charge is 0.496 e. The van der Waals surface area contributed by atoms with Crippen LogP contribution in [-0.2, 0) is 11.2 Å². The lowest BCUT2D eigenvalue weighted by atomic mass is 10.00. The molecule has 0 radical (unpaired) electrons. The monoisotopic (exact) mass is 381 g/mol. The van der Waals surface area contributed by atoms with Crippen LogP contribution in [0.3, 0.4) is 0 Å². The summed E-state index contributed by atoms with van der Waals surface area (Å²) in [6.07, 6.45) is 4.01. The Hall–Kier alpha value is -2.93. The van der Waals surface area contributed by atoms with Gasteiger partial charge in [-0.2, -0.15) is 4.98 Å². The number of methoxy groups -OCH3 is 1. The van der Waals surface area contributed by atoms with Crippen molar-refractivity contribution in [3.63, 3.8) is 0 Å². The first-order chi connectivity index (χ1) is 13.2. The molecule has 4 rings (SSSR count). The van der Waals surface area contributed by atoms with E-state index in [-0.39, 0.29) is 11.8 Å². The maximum atomic E-state index is 12.2. The zero-order chi connectivity index (χ0) is 18.6. The number of likely N-dealkylation sites (tertiary alicyclic amines) is 1. The highest BCUT2D eigenvalue weighted by Crippen LogP contribution is 2.27. The Kier molecular flexibility index (Phi) is 5.02. The predicted octanol–water partition coefficient (Wildman–Crippen LogP) is 3.37. The fourth-order valence-electron chi connectivity index (χ4n) is 2.98. The second-order valence-electron chi connectivity index (χ2n) is 6.33. The molecular weight excluding hydrogens is 362 g/mol. The van der Waals surface area contributed by atoms with Crippen LogP contribution in [0.5, 0.6) is 5.75 Å². The van der Waals surface area contributed by atoms with Gasteiger partial charge in [0.15, 0.2) is 5.82 Å². The Bertz CT molecular complexity index is 943. The number of hydrogen-bond acceptors (Lipinski definition) is 6. The molecule has 1 saturated heterocycles. The second-order valence-corrected chi connectivity index (χ2v) is 7.31. The summed E-state index contributed by atoms with van der Waals surface area (Å²) in [5, 5.41) is 6.06. The summed E-state index contributed by atoms with van der Waals surface area (Å²) in [6.45, 7) is 1.20. The van der Waals surface area contributed by atoms with Crippen molar-refractivity contribution in [3.8, 4) is 5.75 Å². The third kappa shape index (κ3) is 3.93. The molecule has 0 unspecified atom stereocenters. The lowest BCUT2D eigenvalue weighted by molar-refractivity contribution is -0.130. The molecule has 3 aromatic rings. The molecule has 1 aliphatic rings. The van der Waals surface area contributed by atoms with Gasteiger partial charge in [0.1, 0.15) is 5.75 Å². The molecule has 138 valence electrons. The zero-order valence-corrected chi connectivity index (χ0v) is 15.7. The van der Waals surface area contributed by atoms with Crippen LogP contribution in [0.4, 0.5) is 0 Å². The van der Waals surface area contributed by atoms with E-state index in [2.05, 4.69) is 10.1 Å². The fraction of sp³-hybridized carbons (Fsp3) is 0.250. The van der Waals surface area contributed by atoms with E-state index in [0.717, 1.165) is 16.2 Å². The number of carbonyl (C=O) groups excluding carboxylic acids is 1. The molecule has 1 aromatic carbocycles. The van der Waals surface area contributed by atoms with Gasteiger partial charge in [-0.1, -0.05) is 29.4 Å². The third-order valence-corrected chi connectivity index (χ3v) is 5.34. The fourth-order valence-corrected chi connectivity index (χ4v) is 3.60. The Balaban J connectivity index is 1.33. The molecule has 2 aromatic heterocycles. The minimum absolute atomic E-state index is 0.00779. The molecule has 0 aliphatic carbocycles. The molecule has 1 amide bonds. The predicted molar refractivity (Wildman–Crippen MR) is 103 cm³/mol. The first kappa shape index (κ1) is 17.5. The molecule has 0 N–H and O–H groups in total. The SMILES string of the molecule is COc1ccccc1Cc1noc(C2CN(C(=O)C=Cc3cccs3)C2)n1. The number of ether oxygens (including phenoxy) is 1. The number of nitrogens with zero attached hydrogens (tertiary/aromatic N) is 3. The van der Waals surface area contributed by atoms with Gasteiger partial charge in [0.05, 0.1) is 13.0 Å². The highest BCUT2D eigenvalue weighted by atomic mass is 32.1. The van der Waals surface area contributed by atoms with Crippen molar-refractivity contribution in [2.24, 2.45) is 0 Å². The third-order valence-electron chi connectivity index (χ3n) is 4.50. The van der Waals surface area contributed by atoms with Crippen LogP contribution in [0.1, 0.15) is 28.1 Å². The summed E-state index contributed by atoms with van der Waals surface area (Å²) in [5.74, 6) is 2.13. The standard InChI is InChI=1S/C20H19N3O3S/c1-25-17-7-3-2-5-14(17)11-18-21-20(26-22-18)15-12-23(13-15)19(24)9-8-16-6-4-10-27-16/h2-10,15H,11-13H2,1H3. The van der Waals surface area contributed by atoms with Gasteiger partial charge >= 0.3 is 0 Å². The summed E-state index contributed by atoms with van der Waals surface area (Å²) < 4.78 is 10.8. The van der Waals surface area contributed by atoms with Gasteiger partial charge in [-0.25, -0.2) is 0 Å². The number of amides is 1. The van der Waals surface area contributed by atoms with Gasteiger partial charge in [0.2, 0.25) is 11.8 Å². The van der Waals surface area contributed by atoms with Gasteiger partial charge in [-0.05, 0) is 23.6 Å². The molecule has 1 fully saturated rings. The van der Waals surface area contributed by atoms with E-state index in [1.807, 2.05) is 47.9 Å². The molecule has 0 spiro atoms. The molecule has 0 bridgehead atoms. The first-order valence-corrected chi connectivity index (χ1v) is 9.56. The van der Waals surface area contributed by atoms with Crippen molar-refractivity contribution in [2.45, 2.75) is 12.3 Å². The topological polar surface area (TPSA) is 68.5 Å². The average Bonchev–Trinajstić information content (AvgIpc) is 3.31. The summed E-state index contributed by atoms with van der Waals surface area (Å²) in [6, 6.07) is 11.7. The average molecular weight is 381 g/mol. The van der Waals surface area contributed by atoms with Crippen LogP contribution in [0.15, 0.2) is 52.4 Å². The Morgan fingerprint density at radius 1 is 1.33 bits per heavy atom. The second kappa shape index (κ2) is 7.75. The highest BCUT2D eigenvalue weighted by molar-refractivity contribution is 7.10. The normalized spacial score (nSPS) is 14.5. The van der Waals surface area contributed by atoms with E-state index < -0.39 is 0 Å². The first-order valence-electron chi connectivity index (χ1n) is 8.68. The summed E-state index contributed by atoms with van der Waals surface area (Å²) in [7, 11) is 1.65. The van der Waals surface area contributed by atoms with Gasteiger partial charge in [-0.3, -0.25) is 4.79 Å². The van der Waals surface area contributed by atoms with Crippen LogP contribution in [0, 0.1) is 0 Å². The van der Waals surface area contributed by atoms with Crippen molar-refractivity contribution in [3.05, 3.63) is 70.0 Å². The van der Waals surface area contributed by atoms with Crippen molar-refractivity contribution in [2.75, 3.05) is 20.2 Å². The Morgan fingerprint density at radius 2 is 2.19 bits per heavy atom. The smallest absolute Gasteiger partial charge is 0.246 e. The quantitative estimate of drug-likeness (QED) is 0.613. The van der Waals surface area contributed by atoms with Crippen molar-refractivity contribution in [1.29, 1.82) is 0 Å². The minimum Gasteiger partial charge on any atom is -0.496 e. The van der Waals surface area contributed by atoms with E-state index in [4.69, 9.17) is 9.26 Å². The number of hydrogen-bond donors (Lipinski definition) is 0. The number of para-hydroxylation sites is 1. The maximum absolute atomic E-state index is 12.2. The number of thiophene rings is 1. The molecule has 7 heteroatoms. The van der Waals surface area contributed by atoms with E-state index in [9.17, 15) is 4.79 Å². The molecular formula is C20H19N3O3S. The van der Waals surface area contributed by atoms with Gasteiger partial charge < -0.3 is 14.2 Å². The lowest BCUT2D eigenvalue weighted by Gasteiger charge is -2.36. The Labute approximate surface area is 161 Å². The molecule has 0 saturated carbocycles. The van der Waals surface area contributed by atoms with Crippen LogP contribution < -0.4 is 4.74 Å². The van der Waals surface area contributed by atoms with Crippen molar-refractivity contribution in [1.82, 2.24) is 15.0 Å². The zero-order valence-electron chi connectivity index (χ0n) is 14.9. The summed E-state index contributed by atoms with van der Waals surface area (Å²) in [4.78, 5) is 19.5. The van der Waals surface area contributed by atoms with Gasteiger partial charge in [-0.15, -0.1) is 11.3 Å². The minimum atomic E-state index is 0.00779. The number of carbonyl (C=O) groups is 1. The van der Waals surface area contributed by atoms with Crippen LogP contribution in [0.2, 0.25) is 0 Å². The maximum Gasteiger partial charge on any atom is 0.246 e. The number of aromatic nitrogens is 2.